The predicted octanol–water partition coefficient (Wildman–Crippen LogP) is 4.34. The molecule has 2 N–H and O–H groups in total. The highest BCUT2D eigenvalue weighted by atomic mass is 19.1. The first-order valence-corrected chi connectivity index (χ1v) is 10.8. The van der Waals surface area contributed by atoms with Crippen LogP contribution in [0.15, 0.2) is 30.5 Å². The zero-order valence-electron chi connectivity index (χ0n) is 19.6. The minimum atomic E-state index is -0.665. The highest BCUT2D eigenvalue weighted by Gasteiger charge is 2.26. The minimum absolute atomic E-state index is 0.0859. The van der Waals surface area contributed by atoms with Gasteiger partial charge in [0.1, 0.15) is 17.3 Å². The van der Waals surface area contributed by atoms with Gasteiger partial charge in [0.15, 0.2) is 5.69 Å². The van der Waals surface area contributed by atoms with Gasteiger partial charge in [0.05, 0.1) is 31.3 Å². The summed E-state index contributed by atoms with van der Waals surface area (Å²) in [7, 11) is 2.80. The van der Waals surface area contributed by atoms with Crippen LogP contribution in [0.5, 0.6) is 0 Å². The van der Waals surface area contributed by atoms with Crippen LogP contribution >= 0.6 is 0 Å². The topological polar surface area (TPSA) is 94.5 Å². The Morgan fingerprint density at radius 1 is 1.18 bits per heavy atom. The zero-order chi connectivity index (χ0) is 24.8. The number of methoxy groups -OCH3 is 2. The van der Waals surface area contributed by atoms with E-state index in [-0.39, 0.29) is 41.7 Å². The molecule has 1 amide bonds. The third-order valence-corrected chi connectivity index (χ3v) is 5.15. The zero-order valence-corrected chi connectivity index (χ0v) is 19.6. The number of anilines is 2. The van der Waals surface area contributed by atoms with Crippen LogP contribution in [0.4, 0.5) is 20.2 Å². The molecule has 8 nitrogen and oxygen atoms in total. The lowest BCUT2D eigenvalue weighted by Gasteiger charge is -2.11. The second kappa shape index (κ2) is 11.1. The molecule has 0 aliphatic heterocycles. The molecule has 0 bridgehead atoms. The van der Waals surface area contributed by atoms with Gasteiger partial charge >= 0.3 is 5.97 Å². The Bertz CT molecular complexity index is 1190. The Kier molecular flexibility index (Phi) is 8.17. The summed E-state index contributed by atoms with van der Waals surface area (Å²) < 4.78 is 39.0. The number of aromatic nitrogens is 2. The van der Waals surface area contributed by atoms with Crippen molar-refractivity contribution in [3.63, 3.8) is 0 Å². The van der Waals surface area contributed by atoms with Crippen molar-refractivity contribution in [3.8, 4) is 0 Å². The smallest absolute Gasteiger partial charge is 0.356 e. The number of nitrogens with zero attached hydrogens (tertiary/aromatic N) is 2. The Labute approximate surface area is 196 Å². The highest BCUT2D eigenvalue weighted by Crippen LogP contribution is 2.33. The average molecular weight is 475 g/mol. The standard InChI is InChI=1S/C24H28F2N4O4/c1-14(2)9-20(31)29-21-18-11-17(27-12-15-5-6-16(25)10-19(15)26)13-28-23(18)30(7-8-33-3)22(21)24(32)34-4/h5-6,10-11,13-14,27H,7-9,12H2,1-4H3,(H,29,31). The molecule has 0 saturated carbocycles. The van der Waals surface area contributed by atoms with Crippen LogP contribution in [0, 0.1) is 17.6 Å². The Morgan fingerprint density at radius 2 is 1.94 bits per heavy atom. The molecule has 0 aliphatic rings. The van der Waals surface area contributed by atoms with E-state index in [9.17, 15) is 18.4 Å². The summed E-state index contributed by atoms with van der Waals surface area (Å²) >= 11 is 0. The van der Waals surface area contributed by atoms with E-state index >= 15 is 0 Å². The monoisotopic (exact) mass is 474 g/mol. The number of pyridine rings is 1. The third kappa shape index (κ3) is 5.69. The molecule has 10 heteroatoms. The maximum Gasteiger partial charge on any atom is 0.356 e. The summed E-state index contributed by atoms with van der Waals surface area (Å²) in [6, 6.07) is 5.07. The van der Waals surface area contributed by atoms with E-state index in [4.69, 9.17) is 9.47 Å². The van der Waals surface area contributed by atoms with Crippen molar-refractivity contribution in [2.24, 2.45) is 5.92 Å². The van der Waals surface area contributed by atoms with Crippen molar-refractivity contribution >= 4 is 34.3 Å². The van der Waals surface area contributed by atoms with E-state index in [1.807, 2.05) is 13.8 Å². The Balaban J connectivity index is 2.05. The molecule has 1 aromatic carbocycles. The van der Waals surface area contributed by atoms with Gasteiger partial charge in [0.2, 0.25) is 5.91 Å². The molecule has 2 heterocycles. The number of fused-ring (bicyclic) bond motifs is 1. The van der Waals surface area contributed by atoms with Gasteiger partial charge in [-0.1, -0.05) is 19.9 Å². The molecule has 3 aromatic rings. The fraction of sp³-hybridized carbons (Fsp3) is 0.375. The second-order valence-corrected chi connectivity index (χ2v) is 8.19. The van der Waals surface area contributed by atoms with Crippen LogP contribution in [0.2, 0.25) is 0 Å². The number of carbonyl (C=O) groups excluding carboxylic acids is 2. The number of hydrogen-bond donors (Lipinski definition) is 2. The number of nitrogens with one attached hydrogen (secondary N) is 2. The Morgan fingerprint density at radius 3 is 2.59 bits per heavy atom. The molecule has 0 fully saturated rings. The molecule has 0 saturated heterocycles. The van der Waals surface area contributed by atoms with Gasteiger partial charge in [0.25, 0.3) is 0 Å². The van der Waals surface area contributed by atoms with Crippen molar-refractivity contribution in [2.75, 3.05) is 31.5 Å². The van der Waals surface area contributed by atoms with Gasteiger partial charge in [-0.3, -0.25) is 4.79 Å². The third-order valence-electron chi connectivity index (χ3n) is 5.15. The molecular formula is C24H28F2N4O4. The van der Waals surface area contributed by atoms with Gasteiger partial charge in [-0.05, 0) is 18.1 Å². The van der Waals surface area contributed by atoms with Gasteiger partial charge in [-0.15, -0.1) is 0 Å². The van der Waals surface area contributed by atoms with E-state index < -0.39 is 17.6 Å². The number of carbonyl (C=O) groups is 2. The van der Waals surface area contributed by atoms with Crippen molar-refractivity contribution in [3.05, 3.63) is 53.4 Å². The molecule has 182 valence electrons. The van der Waals surface area contributed by atoms with E-state index in [2.05, 4.69) is 15.6 Å². The molecule has 0 spiro atoms. The van der Waals surface area contributed by atoms with Gasteiger partial charge < -0.3 is 24.7 Å². The maximum atomic E-state index is 14.0. The first kappa shape index (κ1) is 25.1. The van der Waals surface area contributed by atoms with Crippen LogP contribution in [0.3, 0.4) is 0 Å². The normalized spacial score (nSPS) is 11.1. The highest BCUT2D eigenvalue weighted by molar-refractivity contribution is 6.11. The summed E-state index contributed by atoms with van der Waals surface area (Å²) in [6.07, 6.45) is 1.80. The number of rotatable bonds is 10. The Hall–Kier alpha value is -3.53. The largest absolute Gasteiger partial charge is 0.464 e. The average Bonchev–Trinajstić information content (AvgIpc) is 3.08. The van der Waals surface area contributed by atoms with Crippen LogP contribution < -0.4 is 10.6 Å². The predicted molar refractivity (Wildman–Crippen MR) is 125 cm³/mol. The summed E-state index contributed by atoms with van der Waals surface area (Å²) in [6.45, 7) is 4.53. The van der Waals surface area contributed by atoms with Gasteiger partial charge in [-0.25, -0.2) is 18.6 Å². The SMILES string of the molecule is COCCn1c(C(=O)OC)c(NC(=O)CC(C)C)c2cc(NCc3ccc(F)cc3F)cnc21. The fourth-order valence-electron chi connectivity index (χ4n) is 3.58. The lowest BCUT2D eigenvalue weighted by molar-refractivity contribution is -0.116. The van der Waals surface area contributed by atoms with Crippen LogP contribution in [-0.2, 0) is 27.4 Å². The number of hydrogen-bond acceptors (Lipinski definition) is 6. The second-order valence-electron chi connectivity index (χ2n) is 8.19. The molecule has 0 atom stereocenters. The summed E-state index contributed by atoms with van der Waals surface area (Å²) in [4.78, 5) is 29.8. The molecular weight excluding hydrogens is 446 g/mol. The van der Waals surface area contributed by atoms with Crippen LogP contribution in [0.25, 0.3) is 11.0 Å². The van der Waals surface area contributed by atoms with Crippen molar-refractivity contribution in [1.82, 2.24) is 9.55 Å². The van der Waals surface area contributed by atoms with Gasteiger partial charge in [-0.2, -0.15) is 0 Å². The van der Waals surface area contributed by atoms with Crippen molar-refractivity contribution in [1.29, 1.82) is 0 Å². The number of ether oxygens (including phenoxy) is 2. The lowest BCUT2D eigenvalue weighted by atomic mass is 10.1. The maximum absolute atomic E-state index is 14.0. The van der Waals surface area contributed by atoms with Crippen molar-refractivity contribution in [2.45, 2.75) is 33.4 Å². The van der Waals surface area contributed by atoms with Crippen LogP contribution in [-0.4, -0.2) is 42.3 Å². The molecule has 0 aliphatic carbocycles. The molecule has 3 rings (SSSR count). The van der Waals surface area contributed by atoms with Gasteiger partial charge in [0, 0.05) is 43.6 Å². The lowest BCUT2D eigenvalue weighted by Crippen LogP contribution is -2.19. The van der Waals surface area contributed by atoms with E-state index in [1.54, 1.807) is 17.7 Å². The fourth-order valence-corrected chi connectivity index (χ4v) is 3.58. The number of halogens is 2. The molecule has 34 heavy (non-hydrogen) atoms. The number of amides is 1. The van der Waals surface area contributed by atoms with E-state index in [0.717, 1.165) is 6.07 Å². The first-order valence-electron chi connectivity index (χ1n) is 10.8. The van der Waals surface area contributed by atoms with E-state index in [0.29, 0.717) is 29.9 Å². The number of benzene rings is 1. The minimum Gasteiger partial charge on any atom is -0.464 e. The summed E-state index contributed by atoms with van der Waals surface area (Å²) in [5, 5.41) is 6.41. The van der Waals surface area contributed by atoms with Crippen LogP contribution in [0.1, 0.15) is 36.3 Å². The summed E-state index contributed by atoms with van der Waals surface area (Å²) in [5.41, 5.74) is 1.69. The molecule has 0 unspecified atom stereocenters. The van der Waals surface area contributed by atoms with E-state index in [1.165, 1.54) is 25.4 Å². The molecule has 2 aromatic heterocycles. The quantitative estimate of drug-likeness (QED) is 0.425. The first-order chi connectivity index (χ1) is 16.2. The molecule has 0 radical (unpaired) electrons. The summed E-state index contributed by atoms with van der Waals surface area (Å²) in [5.74, 6) is -2.08. The van der Waals surface area contributed by atoms with Crippen molar-refractivity contribution < 1.29 is 27.8 Å². The number of esters is 1.